The van der Waals surface area contributed by atoms with Gasteiger partial charge in [0, 0.05) is 10.7 Å². The Morgan fingerprint density at radius 3 is 2.56 bits per heavy atom. The second kappa shape index (κ2) is 4.65. The van der Waals surface area contributed by atoms with Gasteiger partial charge in [-0.05, 0) is 28.1 Å². The van der Waals surface area contributed by atoms with Crippen molar-refractivity contribution in [1.82, 2.24) is 15.1 Å². The fraction of sp³-hybridized carbons (Fsp3) is 0.222. The van der Waals surface area contributed by atoms with Crippen molar-refractivity contribution in [2.45, 2.75) is 12.2 Å². The summed E-state index contributed by atoms with van der Waals surface area (Å²) in [4.78, 5) is 7.15. The summed E-state index contributed by atoms with van der Waals surface area (Å²) in [5.74, 6) is -1.69. The molecular formula is C9H6BrF3N4O. The Hall–Kier alpha value is -1.48. The van der Waals surface area contributed by atoms with E-state index in [1.54, 1.807) is 12.1 Å². The molecule has 0 aliphatic rings. The first-order chi connectivity index (χ1) is 8.38. The molecule has 0 spiro atoms. The summed E-state index contributed by atoms with van der Waals surface area (Å²) in [6.07, 6.45) is -3.21. The fourth-order valence-electron chi connectivity index (χ4n) is 1.18. The number of rotatable bonds is 2. The van der Waals surface area contributed by atoms with Crippen molar-refractivity contribution >= 4 is 15.9 Å². The second-order valence-electron chi connectivity index (χ2n) is 3.33. The summed E-state index contributed by atoms with van der Waals surface area (Å²) < 4.78 is 41.6. The van der Waals surface area contributed by atoms with Crippen molar-refractivity contribution in [2.75, 3.05) is 0 Å². The minimum Gasteiger partial charge on any atom is -0.329 e. The van der Waals surface area contributed by atoms with E-state index in [1.807, 2.05) is 0 Å². The number of aromatic nitrogens is 3. The molecule has 5 nitrogen and oxygen atoms in total. The molecule has 1 unspecified atom stereocenters. The number of nitrogens with zero attached hydrogens (tertiary/aromatic N) is 3. The number of alkyl halides is 3. The van der Waals surface area contributed by atoms with Crippen LogP contribution in [0.25, 0.3) is 0 Å². The minimum atomic E-state index is -4.68. The number of nitrogens with two attached hydrogens (primary N) is 1. The van der Waals surface area contributed by atoms with E-state index in [9.17, 15) is 13.2 Å². The van der Waals surface area contributed by atoms with Gasteiger partial charge >= 0.3 is 12.1 Å². The third kappa shape index (κ3) is 2.67. The van der Waals surface area contributed by atoms with Gasteiger partial charge in [-0.3, -0.25) is 4.98 Å². The lowest BCUT2D eigenvalue weighted by Gasteiger charge is -2.05. The van der Waals surface area contributed by atoms with Crippen LogP contribution in [0.3, 0.4) is 0 Å². The first kappa shape index (κ1) is 13.0. The normalized spacial score (nSPS) is 13.6. The summed E-state index contributed by atoms with van der Waals surface area (Å²) in [6.45, 7) is 0. The maximum atomic E-state index is 12.3. The third-order valence-electron chi connectivity index (χ3n) is 2.03. The molecule has 2 aromatic rings. The number of pyridine rings is 1. The van der Waals surface area contributed by atoms with Gasteiger partial charge in [0.1, 0.15) is 6.04 Å². The number of hydrogen-bond donors (Lipinski definition) is 1. The topological polar surface area (TPSA) is 77.8 Å². The zero-order valence-electron chi connectivity index (χ0n) is 8.65. The van der Waals surface area contributed by atoms with Gasteiger partial charge in [-0.25, -0.2) is 0 Å². The Morgan fingerprint density at radius 1 is 1.33 bits per heavy atom. The molecular weight excluding hydrogens is 317 g/mol. The summed E-state index contributed by atoms with van der Waals surface area (Å²) in [5.41, 5.74) is 6.03. The molecule has 2 heterocycles. The van der Waals surface area contributed by atoms with Crippen LogP contribution in [-0.4, -0.2) is 15.1 Å². The Balaban J connectivity index is 2.26. The molecule has 2 rings (SSSR count). The Kier molecular flexibility index (Phi) is 3.35. The largest absolute Gasteiger partial charge is 0.471 e. The van der Waals surface area contributed by atoms with Crippen LogP contribution in [0.4, 0.5) is 13.2 Å². The quantitative estimate of drug-likeness (QED) is 0.917. The predicted molar refractivity (Wildman–Crippen MR) is 57.3 cm³/mol. The fourth-order valence-corrected chi connectivity index (χ4v) is 1.41. The monoisotopic (exact) mass is 322 g/mol. The zero-order valence-corrected chi connectivity index (χ0v) is 10.2. The molecule has 1 atom stereocenters. The lowest BCUT2D eigenvalue weighted by Crippen LogP contribution is -2.15. The Labute approximate surface area is 107 Å². The van der Waals surface area contributed by atoms with Crippen LogP contribution >= 0.6 is 15.9 Å². The summed E-state index contributed by atoms with van der Waals surface area (Å²) in [5, 5.41) is 3.20. The maximum Gasteiger partial charge on any atom is 0.471 e. The summed E-state index contributed by atoms with van der Waals surface area (Å²) >= 11 is 3.18. The molecule has 2 aromatic heterocycles. The van der Waals surface area contributed by atoms with E-state index in [4.69, 9.17) is 5.73 Å². The highest BCUT2D eigenvalue weighted by atomic mass is 79.9. The molecule has 0 bridgehead atoms. The van der Waals surface area contributed by atoms with E-state index in [0.29, 0.717) is 5.69 Å². The molecule has 0 aliphatic heterocycles. The molecule has 0 radical (unpaired) electrons. The molecule has 2 N–H and O–H groups in total. The smallest absolute Gasteiger partial charge is 0.329 e. The minimum absolute atomic E-state index is 0.267. The highest BCUT2D eigenvalue weighted by Gasteiger charge is 2.39. The van der Waals surface area contributed by atoms with Gasteiger partial charge in [0.15, 0.2) is 5.82 Å². The Bertz CT molecular complexity index is 539. The Morgan fingerprint density at radius 2 is 2.06 bits per heavy atom. The van der Waals surface area contributed by atoms with Gasteiger partial charge in [-0.2, -0.15) is 18.2 Å². The van der Waals surface area contributed by atoms with Gasteiger partial charge in [-0.15, -0.1) is 0 Å². The number of halogens is 4. The zero-order chi connectivity index (χ0) is 13.3. The predicted octanol–water partition coefficient (Wildman–Crippen LogP) is 2.29. The average Bonchev–Trinajstić information content (AvgIpc) is 2.78. The van der Waals surface area contributed by atoms with E-state index in [-0.39, 0.29) is 5.82 Å². The average molecular weight is 323 g/mol. The SMILES string of the molecule is NC(c1ccc(Br)cn1)c1noc(C(F)(F)F)n1. The summed E-state index contributed by atoms with van der Waals surface area (Å²) in [7, 11) is 0. The molecule has 0 aromatic carbocycles. The lowest BCUT2D eigenvalue weighted by atomic mass is 10.2. The van der Waals surface area contributed by atoms with Gasteiger partial charge < -0.3 is 10.3 Å². The van der Waals surface area contributed by atoms with E-state index in [1.165, 1.54) is 6.20 Å². The first-order valence-electron chi connectivity index (χ1n) is 4.66. The second-order valence-corrected chi connectivity index (χ2v) is 4.25. The van der Waals surface area contributed by atoms with Crippen molar-refractivity contribution < 1.29 is 17.7 Å². The van der Waals surface area contributed by atoms with E-state index >= 15 is 0 Å². The maximum absolute atomic E-state index is 12.3. The van der Waals surface area contributed by atoms with Gasteiger partial charge in [0.05, 0.1) is 5.69 Å². The summed E-state index contributed by atoms with van der Waals surface area (Å²) in [6, 6.07) is 2.24. The van der Waals surface area contributed by atoms with Crippen molar-refractivity contribution in [3.05, 3.63) is 40.2 Å². The molecule has 0 fully saturated rings. The van der Waals surface area contributed by atoms with Crippen LogP contribution in [0, 0.1) is 0 Å². The van der Waals surface area contributed by atoms with Crippen molar-refractivity contribution in [2.24, 2.45) is 5.73 Å². The van der Waals surface area contributed by atoms with Crippen molar-refractivity contribution in [3.8, 4) is 0 Å². The van der Waals surface area contributed by atoms with Crippen LogP contribution in [0.2, 0.25) is 0 Å². The third-order valence-corrected chi connectivity index (χ3v) is 2.50. The van der Waals surface area contributed by atoms with Crippen LogP contribution in [0.1, 0.15) is 23.5 Å². The van der Waals surface area contributed by atoms with Gasteiger partial charge in [0.25, 0.3) is 0 Å². The molecule has 0 saturated carbocycles. The standard InChI is InChI=1S/C9H6BrF3N4O/c10-4-1-2-5(15-3-4)6(14)7-16-8(18-17-7)9(11,12)13/h1-3,6H,14H2. The molecule has 96 valence electrons. The van der Waals surface area contributed by atoms with Gasteiger partial charge in [0.2, 0.25) is 0 Å². The van der Waals surface area contributed by atoms with Crippen LogP contribution in [0.15, 0.2) is 27.3 Å². The van der Waals surface area contributed by atoms with E-state index in [0.717, 1.165) is 4.47 Å². The molecule has 9 heteroatoms. The van der Waals surface area contributed by atoms with Crippen molar-refractivity contribution in [3.63, 3.8) is 0 Å². The molecule has 18 heavy (non-hydrogen) atoms. The van der Waals surface area contributed by atoms with Crippen LogP contribution in [-0.2, 0) is 6.18 Å². The van der Waals surface area contributed by atoms with Crippen molar-refractivity contribution in [1.29, 1.82) is 0 Å². The van der Waals surface area contributed by atoms with Crippen LogP contribution in [0.5, 0.6) is 0 Å². The lowest BCUT2D eigenvalue weighted by molar-refractivity contribution is -0.159. The van der Waals surface area contributed by atoms with E-state index in [2.05, 4.69) is 35.6 Å². The van der Waals surface area contributed by atoms with Gasteiger partial charge in [-0.1, -0.05) is 5.16 Å². The molecule has 0 amide bonds. The highest BCUT2D eigenvalue weighted by molar-refractivity contribution is 9.10. The van der Waals surface area contributed by atoms with E-state index < -0.39 is 18.1 Å². The first-order valence-corrected chi connectivity index (χ1v) is 5.45. The molecule has 0 aliphatic carbocycles. The highest BCUT2D eigenvalue weighted by Crippen LogP contribution is 2.28. The molecule has 0 saturated heterocycles. The van der Waals surface area contributed by atoms with Crippen LogP contribution < -0.4 is 5.73 Å². The number of hydrogen-bond acceptors (Lipinski definition) is 5.